The Balaban J connectivity index is 0. The van der Waals surface area contributed by atoms with Crippen LogP contribution in [0, 0.1) is 5.41 Å². The van der Waals surface area contributed by atoms with Gasteiger partial charge >= 0.3 is 27.7 Å². The molecule has 0 aliphatic heterocycles. The van der Waals surface area contributed by atoms with Crippen molar-refractivity contribution >= 4 is 33.9 Å². The van der Waals surface area contributed by atoms with Crippen LogP contribution in [0.15, 0.2) is 4.40 Å². The van der Waals surface area contributed by atoms with Crippen molar-refractivity contribution in [3.05, 3.63) is 0 Å². The molecule has 0 aromatic carbocycles. The molecule has 3 N–H and O–H groups in total. The largest absolute Gasteiger partial charge is 0.518 e. The summed E-state index contributed by atoms with van der Waals surface area (Å²) in [6, 6.07) is 0. The maximum Gasteiger partial charge on any atom is 0.518 e. The summed E-state index contributed by atoms with van der Waals surface area (Å²) in [7, 11) is -5.67. The van der Waals surface area contributed by atoms with Crippen LogP contribution in [0.25, 0.3) is 0 Å². The van der Waals surface area contributed by atoms with Crippen LogP contribution in [0.5, 0.6) is 0 Å². The number of amidine groups is 2. The molecule has 10 nitrogen and oxygen atoms in total. The Morgan fingerprint density at radius 2 is 1.21 bits per heavy atom. The predicted molar refractivity (Wildman–Crippen MR) is 100 cm³/mol. The summed E-state index contributed by atoms with van der Waals surface area (Å²) in [5, 5.41) is 10.9. The van der Waals surface area contributed by atoms with Gasteiger partial charge in [-0.05, 0) is 55.4 Å². The monoisotopic (exact) mass is 448 g/mol. The Bertz CT molecular complexity index is 735. The fourth-order valence-electron chi connectivity index (χ4n) is 1.16. The van der Waals surface area contributed by atoms with Gasteiger partial charge in [0, 0.05) is 0 Å². The molecular weight excluding hydrogens is 421 g/mol. The summed E-state index contributed by atoms with van der Waals surface area (Å²) in [6.07, 6.45) is -1.67. The molecule has 0 saturated heterocycles. The Labute approximate surface area is 167 Å². The third-order valence-electron chi connectivity index (χ3n) is 1.92. The van der Waals surface area contributed by atoms with Crippen LogP contribution in [0.3, 0.4) is 0 Å². The summed E-state index contributed by atoms with van der Waals surface area (Å²) in [5.41, 5.74) is -6.88. The molecular formula is C15H27F3N4O6S. The number of carbonyl (C=O) groups is 2. The van der Waals surface area contributed by atoms with Gasteiger partial charge in [-0.2, -0.15) is 21.6 Å². The minimum absolute atomic E-state index is 0.0826. The molecule has 170 valence electrons. The summed E-state index contributed by atoms with van der Waals surface area (Å²) in [5.74, 6) is -0.652. The first kappa shape index (κ1) is 28.8. The fourth-order valence-corrected chi connectivity index (χ4v) is 1.67. The molecule has 29 heavy (non-hydrogen) atoms. The second-order valence-electron chi connectivity index (χ2n) is 7.48. The standard InChI is InChI=1S/C8H13F3N2O4S.C7H14N2O2/c1-5(12-6(14)17-7(2,3)4)13-18(15,16)8(9,10)11;1-5(8)9-6(10)11-7(2,3)4/h1-4H3,(H,12,13,14);1-4H3,(H2,8,9,10). The fraction of sp³-hybridized carbons (Fsp3) is 0.733. The normalized spacial score (nSPS) is 12.9. The molecule has 14 heteroatoms. The number of alkyl carbamates (subject to hydrolysis) is 2. The number of amides is 2. The number of carbonyl (C=O) groups excluding carboxylic acids is 2. The molecule has 0 aromatic heterocycles. The second-order valence-corrected chi connectivity index (χ2v) is 9.07. The number of alkyl halides is 3. The van der Waals surface area contributed by atoms with Crippen molar-refractivity contribution in [3.8, 4) is 0 Å². The number of nitrogens with one attached hydrogen (secondary N) is 3. The first-order valence-corrected chi connectivity index (χ1v) is 9.43. The molecule has 0 bridgehead atoms. The highest BCUT2D eigenvalue weighted by Gasteiger charge is 2.46. The lowest BCUT2D eigenvalue weighted by Crippen LogP contribution is -2.36. The van der Waals surface area contributed by atoms with Gasteiger partial charge in [0.25, 0.3) is 0 Å². The van der Waals surface area contributed by atoms with E-state index in [1.807, 2.05) is 0 Å². The van der Waals surface area contributed by atoms with Gasteiger partial charge in [0.05, 0.1) is 5.84 Å². The maximum atomic E-state index is 12.0. The van der Waals surface area contributed by atoms with Crippen molar-refractivity contribution in [2.75, 3.05) is 0 Å². The van der Waals surface area contributed by atoms with E-state index in [1.165, 1.54) is 27.7 Å². The molecule has 0 aliphatic rings. The average molecular weight is 448 g/mol. The Morgan fingerprint density at radius 3 is 1.48 bits per heavy atom. The first-order valence-electron chi connectivity index (χ1n) is 7.99. The second kappa shape index (κ2) is 10.4. The highest BCUT2D eigenvalue weighted by molar-refractivity contribution is 7.91. The number of ether oxygens (including phenoxy) is 2. The molecule has 0 atom stereocenters. The minimum atomic E-state index is -5.67. The molecule has 0 radical (unpaired) electrons. The zero-order valence-electron chi connectivity index (χ0n) is 17.4. The van der Waals surface area contributed by atoms with E-state index in [1.54, 1.807) is 26.1 Å². The van der Waals surface area contributed by atoms with Crippen molar-refractivity contribution in [1.29, 1.82) is 5.41 Å². The van der Waals surface area contributed by atoms with E-state index < -0.39 is 44.8 Å². The van der Waals surface area contributed by atoms with Crippen LogP contribution < -0.4 is 10.6 Å². The average Bonchev–Trinajstić information content (AvgIpc) is 2.29. The van der Waals surface area contributed by atoms with Crippen LogP contribution in [0.1, 0.15) is 55.4 Å². The highest BCUT2D eigenvalue weighted by Crippen LogP contribution is 2.24. The lowest BCUT2D eigenvalue weighted by atomic mass is 10.2. The number of hydrogen-bond donors (Lipinski definition) is 3. The van der Waals surface area contributed by atoms with E-state index in [0.29, 0.717) is 0 Å². The first-order chi connectivity index (χ1) is 12.6. The van der Waals surface area contributed by atoms with Gasteiger partial charge in [-0.1, -0.05) is 0 Å². The zero-order chi connectivity index (χ0) is 23.8. The number of hydrogen-bond acceptors (Lipinski definition) is 7. The topological polar surface area (TPSA) is 147 Å². The van der Waals surface area contributed by atoms with E-state index >= 15 is 0 Å². The van der Waals surface area contributed by atoms with E-state index in [0.717, 1.165) is 6.92 Å². The molecule has 0 aromatic rings. The van der Waals surface area contributed by atoms with E-state index in [9.17, 15) is 31.2 Å². The lowest BCUT2D eigenvalue weighted by Gasteiger charge is -2.19. The molecule has 0 unspecified atom stereocenters. The maximum absolute atomic E-state index is 12.0. The Morgan fingerprint density at radius 1 is 0.862 bits per heavy atom. The van der Waals surface area contributed by atoms with Crippen LogP contribution in [-0.4, -0.2) is 49.0 Å². The molecule has 0 heterocycles. The number of nitrogens with zero attached hydrogens (tertiary/aromatic N) is 1. The van der Waals surface area contributed by atoms with Crippen molar-refractivity contribution < 1.29 is 40.7 Å². The van der Waals surface area contributed by atoms with Gasteiger partial charge in [-0.25, -0.2) is 9.59 Å². The van der Waals surface area contributed by atoms with Crippen molar-refractivity contribution in [1.82, 2.24) is 10.6 Å². The molecule has 0 rings (SSSR count). The highest BCUT2D eigenvalue weighted by atomic mass is 32.2. The molecule has 0 saturated carbocycles. The summed E-state index contributed by atoms with van der Waals surface area (Å²) >= 11 is 0. The predicted octanol–water partition coefficient (Wildman–Crippen LogP) is 3.29. The quantitative estimate of drug-likeness (QED) is 0.414. The van der Waals surface area contributed by atoms with Crippen molar-refractivity contribution in [2.24, 2.45) is 4.40 Å². The number of rotatable bonds is 1. The third kappa shape index (κ3) is 16.3. The van der Waals surface area contributed by atoms with Gasteiger partial charge in [0.1, 0.15) is 17.0 Å². The van der Waals surface area contributed by atoms with E-state index in [4.69, 9.17) is 14.9 Å². The summed E-state index contributed by atoms with van der Waals surface area (Å²) in [4.78, 5) is 21.9. The number of halogens is 3. The van der Waals surface area contributed by atoms with Crippen molar-refractivity contribution in [2.45, 2.75) is 72.1 Å². The molecule has 0 spiro atoms. The lowest BCUT2D eigenvalue weighted by molar-refractivity contribution is -0.0435. The SMILES string of the molecule is CC(=N)NC(=O)OC(C)(C)C.CC(=NS(=O)(=O)C(F)(F)F)NC(=O)OC(C)(C)C. The number of sulfonamides is 1. The van der Waals surface area contributed by atoms with Crippen LogP contribution in [0.2, 0.25) is 0 Å². The summed E-state index contributed by atoms with van der Waals surface area (Å²) < 4.78 is 69.1. The van der Waals surface area contributed by atoms with Crippen LogP contribution in [0.4, 0.5) is 22.8 Å². The van der Waals surface area contributed by atoms with Gasteiger partial charge in [-0.3, -0.25) is 16.0 Å². The van der Waals surface area contributed by atoms with E-state index in [2.05, 4.69) is 9.71 Å². The molecule has 2 amide bonds. The van der Waals surface area contributed by atoms with Gasteiger partial charge in [0.2, 0.25) is 0 Å². The van der Waals surface area contributed by atoms with Crippen LogP contribution in [-0.2, 0) is 19.5 Å². The Kier molecular flexibility index (Phi) is 10.3. The van der Waals surface area contributed by atoms with Gasteiger partial charge in [0.15, 0.2) is 0 Å². The minimum Gasteiger partial charge on any atom is -0.444 e. The molecule has 0 aliphatic carbocycles. The Hall–Kier alpha value is -2.38. The van der Waals surface area contributed by atoms with E-state index in [-0.39, 0.29) is 5.84 Å². The van der Waals surface area contributed by atoms with Gasteiger partial charge in [-0.15, -0.1) is 4.40 Å². The van der Waals surface area contributed by atoms with Crippen molar-refractivity contribution in [3.63, 3.8) is 0 Å². The smallest absolute Gasteiger partial charge is 0.444 e. The third-order valence-corrected chi connectivity index (χ3v) is 3.02. The summed E-state index contributed by atoms with van der Waals surface area (Å²) in [6.45, 7) is 12.3. The van der Waals surface area contributed by atoms with Crippen LogP contribution >= 0.6 is 0 Å². The van der Waals surface area contributed by atoms with Gasteiger partial charge < -0.3 is 9.47 Å². The molecule has 0 fully saturated rings. The zero-order valence-corrected chi connectivity index (χ0v) is 18.3.